The molecule has 1 aliphatic rings. The molecule has 1 aliphatic heterocycles. The van der Waals surface area contributed by atoms with Crippen LogP contribution in [-0.4, -0.2) is 33.9 Å². The lowest BCUT2D eigenvalue weighted by Gasteiger charge is -2.18. The molecule has 0 spiro atoms. The zero-order valence-electron chi connectivity index (χ0n) is 15.4. The van der Waals surface area contributed by atoms with Gasteiger partial charge in [0, 0.05) is 22.5 Å². The number of aromatic nitrogens is 1. The van der Waals surface area contributed by atoms with Crippen molar-refractivity contribution in [3.8, 4) is 11.3 Å². The van der Waals surface area contributed by atoms with E-state index in [1.807, 2.05) is 46.7 Å². The van der Waals surface area contributed by atoms with E-state index in [4.69, 9.17) is 17.0 Å². The highest BCUT2D eigenvalue weighted by Crippen LogP contribution is 2.32. The molecular weight excluding hydrogens is 390 g/mol. The highest BCUT2D eigenvalue weighted by atomic mass is 35.5. The molecule has 3 aromatic rings. The molecule has 0 amide bonds. The molecule has 0 bridgehead atoms. The molecule has 0 radical (unpaired) electrons. The van der Waals surface area contributed by atoms with Gasteiger partial charge in [-0.25, -0.2) is 4.98 Å². The van der Waals surface area contributed by atoms with Crippen LogP contribution in [0.1, 0.15) is 16.1 Å². The van der Waals surface area contributed by atoms with Gasteiger partial charge in [-0.3, -0.25) is 5.41 Å². The number of hydrogen-bond donors (Lipinski definition) is 2. The van der Waals surface area contributed by atoms with Gasteiger partial charge in [0.15, 0.2) is 0 Å². The van der Waals surface area contributed by atoms with E-state index in [1.165, 1.54) is 16.9 Å². The van der Waals surface area contributed by atoms with Crippen molar-refractivity contribution in [2.45, 2.75) is 13.3 Å². The summed E-state index contributed by atoms with van der Waals surface area (Å²) in [5.41, 5.74) is 4.80. The lowest BCUT2D eigenvalue weighted by molar-refractivity contribution is 0.351. The van der Waals surface area contributed by atoms with E-state index in [2.05, 4.69) is 24.0 Å². The van der Waals surface area contributed by atoms with Crippen LogP contribution in [0.25, 0.3) is 16.8 Å². The summed E-state index contributed by atoms with van der Waals surface area (Å²) in [4.78, 5) is 6.56. The van der Waals surface area contributed by atoms with E-state index >= 15 is 0 Å². The summed E-state index contributed by atoms with van der Waals surface area (Å²) in [6.45, 7) is 3.06. The van der Waals surface area contributed by atoms with Crippen molar-refractivity contribution in [2.24, 2.45) is 0 Å². The highest BCUT2D eigenvalue weighted by molar-refractivity contribution is 7.11. The monoisotopic (exact) mass is 409 g/mol. The van der Waals surface area contributed by atoms with Crippen LogP contribution in [0.2, 0.25) is 5.02 Å². The van der Waals surface area contributed by atoms with Crippen LogP contribution < -0.4 is 0 Å². The number of aliphatic hydroxyl groups is 1. The van der Waals surface area contributed by atoms with E-state index in [-0.39, 0.29) is 5.76 Å². The Morgan fingerprint density at radius 2 is 1.86 bits per heavy atom. The van der Waals surface area contributed by atoms with E-state index in [0.29, 0.717) is 34.5 Å². The minimum absolute atomic E-state index is 0.214. The lowest BCUT2D eigenvalue weighted by atomic mass is 10.1. The van der Waals surface area contributed by atoms with Gasteiger partial charge < -0.3 is 10.0 Å². The number of amidine groups is 1. The fourth-order valence-corrected chi connectivity index (χ4v) is 4.23. The second-order valence-electron chi connectivity index (χ2n) is 6.87. The Balaban J connectivity index is 1.48. The second-order valence-corrected chi connectivity index (χ2v) is 8.17. The molecule has 4 rings (SSSR count). The van der Waals surface area contributed by atoms with Crippen LogP contribution in [0.15, 0.2) is 59.7 Å². The Morgan fingerprint density at radius 1 is 1.14 bits per heavy atom. The van der Waals surface area contributed by atoms with Crippen LogP contribution in [-0.2, 0) is 6.42 Å². The third-order valence-corrected chi connectivity index (χ3v) is 5.94. The average Bonchev–Trinajstić information content (AvgIpc) is 3.26. The predicted molar refractivity (Wildman–Crippen MR) is 116 cm³/mol. The van der Waals surface area contributed by atoms with E-state index in [9.17, 15) is 5.11 Å². The van der Waals surface area contributed by atoms with Gasteiger partial charge in [0.2, 0.25) is 0 Å². The molecule has 1 aromatic heterocycles. The van der Waals surface area contributed by atoms with Crippen LogP contribution in [0.4, 0.5) is 0 Å². The molecule has 2 N–H and O–H groups in total. The summed E-state index contributed by atoms with van der Waals surface area (Å²) in [5.74, 6) is 0.544. The van der Waals surface area contributed by atoms with Gasteiger partial charge in [0.1, 0.15) is 16.6 Å². The number of aliphatic hydroxyl groups excluding tert-OH is 1. The maximum atomic E-state index is 10.5. The molecule has 28 heavy (non-hydrogen) atoms. The SMILES string of the molecule is Cc1ccc(-c2csc(C3=C(O)CN(CCc4ccc(Cl)cc4)C3=N)n2)cc1. The summed E-state index contributed by atoms with van der Waals surface area (Å²) < 4.78 is 0. The van der Waals surface area contributed by atoms with Crippen molar-refractivity contribution < 1.29 is 5.11 Å². The van der Waals surface area contributed by atoms with E-state index in [1.54, 1.807) is 0 Å². The van der Waals surface area contributed by atoms with Crippen molar-refractivity contribution in [2.75, 3.05) is 13.1 Å². The molecule has 142 valence electrons. The van der Waals surface area contributed by atoms with Crippen LogP contribution >= 0.6 is 22.9 Å². The van der Waals surface area contributed by atoms with Gasteiger partial charge in [-0.2, -0.15) is 0 Å². The maximum absolute atomic E-state index is 10.5. The van der Waals surface area contributed by atoms with Crippen molar-refractivity contribution >= 4 is 34.3 Å². The molecule has 0 aliphatic carbocycles. The van der Waals surface area contributed by atoms with Gasteiger partial charge in [-0.1, -0.05) is 53.6 Å². The van der Waals surface area contributed by atoms with Gasteiger partial charge in [0.25, 0.3) is 0 Å². The van der Waals surface area contributed by atoms with Gasteiger partial charge in [-0.05, 0) is 31.0 Å². The summed E-state index contributed by atoms with van der Waals surface area (Å²) in [6, 6.07) is 15.9. The first-order chi connectivity index (χ1) is 13.5. The fraction of sp³-hybridized carbons (Fsp3) is 0.182. The Kier molecular flexibility index (Phi) is 5.20. The highest BCUT2D eigenvalue weighted by Gasteiger charge is 2.30. The predicted octanol–water partition coefficient (Wildman–Crippen LogP) is 5.58. The van der Waals surface area contributed by atoms with E-state index < -0.39 is 0 Å². The Labute approximate surface area is 173 Å². The lowest BCUT2D eigenvalue weighted by Crippen LogP contribution is -2.28. The Morgan fingerprint density at radius 3 is 2.57 bits per heavy atom. The Hall–Kier alpha value is -2.63. The number of nitrogens with zero attached hydrogens (tertiary/aromatic N) is 2. The maximum Gasteiger partial charge on any atom is 0.135 e. The van der Waals surface area contributed by atoms with Gasteiger partial charge in [0.05, 0.1) is 17.8 Å². The molecule has 0 saturated heterocycles. The summed E-state index contributed by atoms with van der Waals surface area (Å²) in [6.07, 6.45) is 0.784. The number of halogens is 1. The summed E-state index contributed by atoms with van der Waals surface area (Å²) in [7, 11) is 0. The van der Waals surface area contributed by atoms with Gasteiger partial charge >= 0.3 is 0 Å². The molecule has 0 unspecified atom stereocenters. The second kappa shape index (κ2) is 7.78. The fourth-order valence-electron chi connectivity index (χ4n) is 3.21. The molecule has 6 heteroatoms. The minimum Gasteiger partial charge on any atom is -0.510 e. The molecule has 0 saturated carbocycles. The third kappa shape index (κ3) is 3.81. The molecular formula is C22H20ClN3OS. The summed E-state index contributed by atoms with van der Waals surface area (Å²) in [5, 5.41) is 22.4. The topological polar surface area (TPSA) is 60.2 Å². The van der Waals surface area contributed by atoms with Gasteiger partial charge in [-0.15, -0.1) is 11.3 Å². The number of benzene rings is 2. The average molecular weight is 410 g/mol. The smallest absolute Gasteiger partial charge is 0.135 e. The normalized spacial score (nSPS) is 14.2. The molecule has 0 atom stereocenters. The molecule has 2 heterocycles. The molecule has 0 fully saturated rings. The van der Waals surface area contributed by atoms with Crippen LogP contribution in [0, 0.1) is 12.3 Å². The Bertz CT molecular complexity index is 1040. The van der Waals surface area contributed by atoms with Crippen molar-refractivity contribution in [1.82, 2.24) is 9.88 Å². The first kappa shape index (κ1) is 18.7. The number of rotatable bonds is 5. The quantitative estimate of drug-likeness (QED) is 0.578. The standard InChI is InChI=1S/C22H20ClN3OS/c1-14-2-6-16(7-3-14)18-13-28-22(25-18)20-19(27)12-26(21(20)24)11-10-15-4-8-17(23)9-5-15/h2-9,13,24,27H,10-12H2,1H3. The van der Waals surface area contributed by atoms with Crippen LogP contribution in [0.5, 0.6) is 0 Å². The van der Waals surface area contributed by atoms with Crippen LogP contribution in [0.3, 0.4) is 0 Å². The minimum atomic E-state index is 0.214. The molecule has 4 nitrogen and oxygen atoms in total. The van der Waals surface area contributed by atoms with Crippen molar-refractivity contribution in [1.29, 1.82) is 5.41 Å². The zero-order chi connectivity index (χ0) is 19.7. The number of nitrogens with one attached hydrogen (secondary N) is 1. The molecule has 2 aromatic carbocycles. The number of aryl methyl sites for hydroxylation is 1. The number of hydrogen-bond acceptors (Lipinski definition) is 4. The third-order valence-electron chi connectivity index (χ3n) is 4.83. The summed E-state index contributed by atoms with van der Waals surface area (Å²) >= 11 is 7.39. The number of thiazole rings is 1. The van der Waals surface area contributed by atoms with E-state index in [0.717, 1.165) is 23.2 Å². The zero-order valence-corrected chi connectivity index (χ0v) is 17.0. The van der Waals surface area contributed by atoms with Crippen molar-refractivity contribution in [3.63, 3.8) is 0 Å². The van der Waals surface area contributed by atoms with Crippen molar-refractivity contribution in [3.05, 3.63) is 80.8 Å². The first-order valence-corrected chi connectivity index (χ1v) is 10.3. The first-order valence-electron chi connectivity index (χ1n) is 9.04. The largest absolute Gasteiger partial charge is 0.510 e.